The fourth-order valence-electron chi connectivity index (χ4n) is 2.51. The lowest BCUT2D eigenvalue weighted by molar-refractivity contribution is -0.115. The van der Waals surface area contributed by atoms with Crippen LogP contribution in [0.1, 0.15) is 26.6 Å². The Hall–Kier alpha value is -2.90. The van der Waals surface area contributed by atoms with Crippen LogP contribution in [0, 0.1) is 6.92 Å². The fraction of sp³-hybridized carbons (Fsp3) is 0.150. The Labute approximate surface area is 171 Å². The number of hydrogen-bond acceptors (Lipinski definition) is 5. The number of nitrogens with two attached hydrogens (primary N) is 1. The van der Waals surface area contributed by atoms with E-state index in [2.05, 4.69) is 10.3 Å². The van der Waals surface area contributed by atoms with Crippen LogP contribution in [0.4, 0.5) is 5.69 Å². The molecule has 3 aromatic rings. The van der Waals surface area contributed by atoms with E-state index in [0.29, 0.717) is 21.5 Å². The van der Waals surface area contributed by atoms with Gasteiger partial charge in [0.1, 0.15) is 17.4 Å². The molecule has 0 unspecified atom stereocenters. The van der Waals surface area contributed by atoms with E-state index in [1.54, 1.807) is 6.07 Å². The molecule has 0 radical (unpaired) electrons. The zero-order valence-corrected chi connectivity index (χ0v) is 16.6. The third-order valence-corrected chi connectivity index (χ3v) is 5.05. The molecular formula is C20H18ClN3O3S. The van der Waals surface area contributed by atoms with Gasteiger partial charge in [-0.1, -0.05) is 29.8 Å². The number of carbonyl (C=O) groups is 2. The van der Waals surface area contributed by atoms with Gasteiger partial charge in [0.05, 0.1) is 17.7 Å². The third-order valence-electron chi connectivity index (χ3n) is 3.91. The van der Waals surface area contributed by atoms with Crippen molar-refractivity contribution >= 4 is 40.4 Å². The zero-order valence-electron chi connectivity index (χ0n) is 15.1. The van der Waals surface area contributed by atoms with Crippen molar-refractivity contribution in [3.63, 3.8) is 0 Å². The van der Waals surface area contributed by atoms with Gasteiger partial charge in [-0.25, -0.2) is 4.98 Å². The smallest absolute Gasteiger partial charge is 0.252 e. The van der Waals surface area contributed by atoms with Crippen LogP contribution >= 0.6 is 22.9 Å². The molecule has 0 atom stereocenters. The highest BCUT2D eigenvalue weighted by Gasteiger charge is 2.13. The summed E-state index contributed by atoms with van der Waals surface area (Å²) in [4.78, 5) is 28.1. The Morgan fingerprint density at radius 3 is 2.79 bits per heavy atom. The first-order valence-corrected chi connectivity index (χ1v) is 9.69. The number of rotatable bonds is 7. The van der Waals surface area contributed by atoms with Crippen molar-refractivity contribution < 1.29 is 14.3 Å². The number of hydrogen-bond donors (Lipinski definition) is 2. The number of halogens is 1. The number of primary amides is 1. The number of thiazole rings is 1. The summed E-state index contributed by atoms with van der Waals surface area (Å²) in [5.41, 5.74) is 8.03. The SMILES string of the molecule is Cc1ccccc1NC(=O)Cc1nc(COc2cc(Cl)ccc2C(N)=O)cs1. The highest BCUT2D eigenvalue weighted by molar-refractivity contribution is 7.09. The van der Waals surface area contributed by atoms with Crippen molar-refractivity contribution in [1.82, 2.24) is 4.98 Å². The van der Waals surface area contributed by atoms with Gasteiger partial charge >= 0.3 is 0 Å². The summed E-state index contributed by atoms with van der Waals surface area (Å²) in [6.45, 7) is 2.07. The van der Waals surface area contributed by atoms with E-state index in [4.69, 9.17) is 22.1 Å². The van der Waals surface area contributed by atoms with Gasteiger partial charge < -0.3 is 15.8 Å². The number of aromatic nitrogens is 1. The van der Waals surface area contributed by atoms with Crippen molar-refractivity contribution in [2.24, 2.45) is 5.73 Å². The second kappa shape index (κ2) is 8.86. The number of anilines is 1. The van der Waals surface area contributed by atoms with Gasteiger partial charge in [0.15, 0.2) is 0 Å². The van der Waals surface area contributed by atoms with Crippen LogP contribution in [0.5, 0.6) is 5.75 Å². The number of amides is 2. The molecule has 0 aliphatic heterocycles. The second-order valence-electron chi connectivity index (χ2n) is 6.07. The molecule has 28 heavy (non-hydrogen) atoms. The Kier molecular flexibility index (Phi) is 6.28. The predicted octanol–water partition coefficient (Wildman–Crippen LogP) is 3.96. The second-order valence-corrected chi connectivity index (χ2v) is 7.44. The molecule has 1 heterocycles. The largest absolute Gasteiger partial charge is 0.486 e. The topological polar surface area (TPSA) is 94.3 Å². The minimum absolute atomic E-state index is 0.135. The van der Waals surface area contributed by atoms with Crippen molar-refractivity contribution in [3.05, 3.63) is 74.7 Å². The molecule has 8 heteroatoms. The molecule has 0 bridgehead atoms. The standard InChI is InChI=1S/C20H18ClN3O3S/c1-12-4-2-3-5-16(12)24-18(25)9-19-23-14(11-28-19)10-27-17-8-13(21)6-7-15(17)20(22)26/h2-8,11H,9-10H2,1H3,(H2,22,26)(H,24,25). The molecule has 3 rings (SSSR count). The quantitative estimate of drug-likeness (QED) is 0.610. The first-order valence-electron chi connectivity index (χ1n) is 8.43. The first-order chi connectivity index (χ1) is 13.4. The van der Waals surface area contributed by atoms with Gasteiger partial charge in [0.25, 0.3) is 5.91 Å². The highest BCUT2D eigenvalue weighted by Crippen LogP contribution is 2.24. The number of carbonyl (C=O) groups excluding carboxylic acids is 2. The van der Waals surface area contributed by atoms with Crippen molar-refractivity contribution in [1.29, 1.82) is 0 Å². The molecular weight excluding hydrogens is 398 g/mol. The number of para-hydroxylation sites is 1. The average Bonchev–Trinajstić information content (AvgIpc) is 3.09. The fourth-order valence-corrected chi connectivity index (χ4v) is 3.45. The van der Waals surface area contributed by atoms with Gasteiger partial charge in [-0.3, -0.25) is 9.59 Å². The van der Waals surface area contributed by atoms with Crippen LogP contribution < -0.4 is 15.8 Å². The molecule has 0 aliphatic rings. The Morgan fingerprint density at radius 2 is 2.04 bits per heavy atom. The van der Waals surface area contributed by atoms with E-state index in [1.165, 1.54) is 23.5 Å². The van der Waals surface area contributed by atoms with Crippen LogP contribution in [-0.2, 0) is 17.8 Å². The number of benzene rings is 2. The summed E-state index contributed by atoms with van der Waals surface area (Å²) in [6.07, 6.45) is 0.169. The van der Waals surface area contributed by atoms with Gasteiger partial charge in [0.2, 0.25) is 5.91 Å². The summed E-state index contributed by atoms with van der Waals surface area (Å²) in [5, 5.41) is 5.80. The molecule has 144 valence electrons. The van der Waals surface area contributed by atoms with E-state index in [-0.39, 0.29) is 24.5 Å². The molecule has 0 fully saturated rings. The first kappa shape index (κ1) is 19.9. The lowest BCUT2D eigenvalue weighted by Crippen LogP contribution is -2.15. The van der Waals surface area contributed by atoms with Crippen LogP contribution in [0.15, 0.2) is 47.8 Å². The Bertz CT molecular complexity index is 1020. The molecule has 2 aromatic carbocycles. The van der Waals surface area contributed by atoms with E-state index in [9.17, 15) is 9.59 Å². The summed E-state index contributed by atoms with van der Waals surface area (Å²) in [7, 11) is 0. The molecule has 0 saturated heterocycles. The van der Waals surface area contributed by atoms with E-state index >= 15 is 0 Å². The van der Waals surface area contributed by atoms with Crippen LogP contribution in [0.2, 0.25) is 5.02 Å². The van der Waals surface area contributed by atoms with Gasteiger partial charge in [-0.15, -0.1) is 11.3 Å². The monoisotopic (exact) mass is 415 g/mol. The van der Waals surface area contributed by atoms with E-state index in [0.717, 1.165) is 11.3 Å². The maximum atomic E-state index is 12.2. The van der Waals surface area contributed by atoms with E-state index < -0.39 is 5.91 Å². The number of ether oxygens (including phenoxy) is 1. The van der Waals surface area contributed by atoms with Crippen LogP contribution in [0.25, 0.3) is 0 Å². The highest BCUT2D eigenvalue weighted by atomic mass is 35.5. The summed E-state index contributed by atoms with van der Waals surface area (Å²) in [6, 6.07) is 12.2. The molecule has 1 aromatic heterocycles. The predicted molar refractivity (Wildman–Crippen MR) is 110 cm³/mol. The van der Waals surface area contributed by atoms with E-state index in [1.807, 2.05) is 36.6 Å². The summed E-state index contributed by atoms with van der Waals surface area (Å²) >= 11 is 7.32. The normalized spacial score (nSPS) is 10.5. The van der Waals surface area contributed by atoms with Crippen LogP contribution in [-0.4, -0.2) is 16.8 Å². The van der Waals surface area contributed by atoms with Crippen molar-refractivity contribution in [3.8, 4) is 5.75 Å². The van der Waals surface area contributed by atoms with Crippen molar-refractivity contribution in [2.75, 3.05) is 5.32 Å². The van der Waals surface area contributed by atoms with Gasteiger partial charge in [0, 0.05) is 16.1 Å². The Morgan fingerprint density at radius 1 is 1.25 bits per heavy atom. The lowest BCUT2D eigenvalue weighted by Gasteiger charge is -2.09. The molecule has 2 amide bonds. The molecule has 0 saturated carbocycles. The molecule has 0 aliphatic carbocycles. The lowest BCUT2D eigenvalue weighted by atomic mass is 10.2. The molecule has 6 nitrogen and oxygen atoms in total. The molecule has 3 N–H and O–H groups in total. The van der Waals surface area contributed by atoms with Crippen molar-refractivity contribution in [2.45, 2.75) is 20.0 Å². The average molecular weight is 416 g/mol. The number of nitrogens with one attached hydrogen (secondary N) is 1. The minimum atomic E-state index is -0.599. The maximum absolute atomic E-state index is 12.2. The van der Waals surface area contributed by atoms with Gasteiger partial charge in [-0.2, -0.15) is 0 Å². The summed E-state index contributed by atoms with van der Waals surface area (Å²) in [5.74, 6) is -0.438. The minimum Gasteiger partial charge on any atom is -0.486 e. The molecule has 0 spiro atoms. The maximum Gasteiger partial charge on any atom is 0.252 e. The van der Waals surface area contributed by atoms with Crippen LogP contribution in [0.3, 0.4) is 0 Å². The Balaban J connectivity index is 1.60. The zero-order chi connectivity index (χ0) is 20.1. The third kappa shape index (κ3) is 5.09. The van der Waals surface area contributed by atoms with Gasteiger partial charge in [-0.05, 0) is 36.8 Å². The number of nitrogens with zero attached hydrogens (tertiary/aromatic N) is 1. The summed E-state index contributed by atoms with van der Waals surface area (Å²) < 4.78 is 5.65. The number of aryl methyl sites for hydroxylation is 1.